The first kappa shape index (κ1) is 18.1. The van der Waals surface area contributed by atoms with Gasteiger partial charge in [0.05, 0.1) is 0 Å². The lowest BCUT2D eigenvalue weighted by Gasteiger charge is -2.19. The Kier molecular flexibility index (Phi) is 4.29. The van der Waals surface area contributed by atoms with E-state index in [4.69, 9.17) is 0 Å². The van der Waals surface area contributed by atoms with Crippen LogP contribution in [0.4, 0.5) is 0 Å². The summed E-state index contributed by atoms with van der Waals surface area (Å²) in [6.07, 6.45) is 0. The summed E-state index contributed by atoms with van der Waals surface area (Å²) in [7, 11) is 0. The van der Waals surface area contributed by atoms with Crippen LogP contribution in [0.3, 0.4) is 0 Å². The summed E-state index contributed by atoms with van der Waals surface area (Å²) in [5.74, 6) is 0. The van der Waals surface area contributed by atoms with Gasteiger partial charge in [-0.2, -0.15) is 0 Å². The maximum Gasteiger partial charge on any atom is 0.0392 e. The number of hydrogen-bond donors (Lipinski definition) is 0. The minimum Gasteiger partial charge on any atom is -0.135 e. The summed E-state index contributed by atoms with van der Waals surface area (Å²) in [5, 5.41) is 2.75. The topological polar surface area (TPSA) is 0 Å². The maximum atomic E-state index is 2.32. The number of fused-ring (bicyclic) bond motifs is 3. The molecule has 1 aromatic heterocycles. The molecule has 0 N–H and O–H groups in total. The van der Waals surface area contributed by atoms with Crippen LogP contribution in [0.25, 0.3) is 42.4 Å². The Balaban J connectivity index is 1.77. The monoisotopic (exact) mass is 392 g/mol. The average molecular weight is 393 g/mol. The summed E-state index contributed by atoms with van der Waals surface area (Å²) in [4.78, 5) is 0. The third-order valence-electron chi connectivity index (χ3n) is 5.61. The molecule has 5 aromatic rings. The number of benzene rings is 4. The molecule has 0 saturated carbocycles. The fourth-order valence-corrected chi connectivity index (χ4v) is 5.63. The highest BCUT2D eigenvalue weighted by atomic mass is 32.1. The Morgan fingerprint density at radius 2 is 1.31 bits per heavy atom. The van der Waals surface area contributed by atoms with Gasteiger partial charge in [0.1, 0.15) is 0 Å². The Hall–Kier alpha value is -2.90. The van der Waals surface area contributed by atoms with Gasteiger partial charge < -0.3 is 0 Å². The Morgan fingerprint density at radius 3 is 2.10 bits per heavy atom. The van der Waals surface area contributed by atoms with Gasteiger partial charge in [0.25, 0.3) is 0 Å². The van der Waals surface area contributed by atoms with E-state index in [2.05, 4.69) is 112 Å². The molecule has 0 aliphatic rings. The molecule has 0 unspecified atom stereocenters. The normalized spacial score (nSPS) is 12.0. The maximum absolute atomic E-state index is 2.32. The molecule has 0 bridgehead atoms. The Labute approximate surface area is 176 Å². The molecule has 0 fully saturated rings. The van der Waals surface area contributed by atoms with E-state index >= 15 is 0 Å². The van der Waals surface area contributed by atoms with Crippen molar-refractivity contribution in [2.75, 3.05) is 0 Å². The lowest BCUT2D eigenvalue weighted by atomic mass is 9.86. The van der Waals surface area contributed by atoms with Crippen LogP contribution in [-0.2, 0) is 5.41 Å². The van der Waals surface area contributed by atoms with E-state index in [1.165, 1.54) is 48.0 Å². The van der Waals surface area contributed by atoms with Crippen LogP contribution in [0.2, 0.25) is 0 Å². The molecule has 0 spiro atoms. The lowest BCUT2D eigenvalue weighted by Crippen LogP contribution is -2.10. The first-order valence-corrected chi connectivity index (χ1v) is 10.9. The second kappa shape index (κ2) is 6.86. The zero-order chi connectivity index (χ0) is 20.0. The fraction of sp³-hybridized carbons (Fsp3) is 0.143. The van der Waals surface area contributed by atoms with E-state index < -0.39 is 0 Å². The second-order valence-corrected chi connectivity index (χ2v) is 9.71. The van der Waals surface area contributed by atoms with E-state index in [0.29, 0.717) is 0 Å². The molecule has 5 rings (SSSR count). The molecule has 0 atom stereocenters. The second-order valence-electron chi connectivity index (χ2n) is 8.66. The molecule has 29 heavy (non-hydrogen) atoms. The largest absolute Gasteiger partial charge is 0.135 e. The molecule has 142 valence electrons. The van der Waals surface area contributed by atoms with Crippen molar-refractivity contribution in [1.82, 2.24) is 0 Å². The number of thiophene rings is 1. The van der Waals surface area contributed by atoms with Crippen molar-refractivity contribution in [2.24, 2.45) is 0 Å². The predicted octanol–water partition coefficient (Wildman–Crippen LogP) is 8.69. The molecule has 0 aliphatic heterocycles. The fourth-order valence-electron chi connectivity index (χ4n) is 4.18. The van der Waals surface area contributed by atoms with Crippen molar-refractivity contribution < 1.29 is 0 Å². The third kappa shape index (κ3) is 3.16. The molecule has 0 nitrogen and oxygen atoms in total. The smallest absolute Gasteiger partial charge is 0.0392 e. The minimum absolute atomic E-state index is 0.133. The Bertz CT molecular complexity index is 1320. The van der Waals surface area contributed by atoms with Crippen LogP contribution in [0.15, 0.2) is 91.0 Å². The minimum atomic E-state index is 0.133. The van der Waals surface area contributed by atoms with Gasteiger partial charge >= 0.3 is 0 Å². The van der Waals surface area contributed by atoms with Gasteiger partial charge in [-0.05, 0) is 45.4 Å². The molecule has 0 amide bonds. The number of hydrogen-bond acceptors (Lipinski definition) is 1. The zero-order valence-electron chi connectivity index (χ0n) is 17.1. The van der Waals surface area contributed by atoms with E-state index in [9.17, 15) is 0 Å². The molecule has 1 heterocycles. The molecular weight excluding hydrogens is 368 g/mol. The quantitative estimate of drug-likeness (QED) is 0.282. The van der Waals surface area contributed by atoms with E-state index in [1.54, 1.807) is 0 Å². The first-order valence-electron chi connectivity index (χ1n) is 10.1. The van der Waals surface area contributed by atoms with Crippen molar-refractivity contribution in [3.63, 3.8) is 0 Å². The summed E-state index contributed by atoms with van der Waals surface area (Å²) < 4.78 is 2.78. The van der Waals surface area contributed by atoms with Crippen LogP contribution in [0.5, 0.6) is 0 Å². The third-order valence-corrected chi connectivity index (χ3v) is 6.82. The van der Waals surface area contributed by atoms with Crippen LogP contribution in [0.1, 0.15) is 26.3 Å². The summed E-state index contributed by atoms with van der Waals surface area (Å²) in [6.45, 7) is 6.91. The molecule has 1 heteroatoms. The van der Waals surface area contributed by atoms with Crippen LogP contribution >= 0.6 is 11.3 Å². The van der Waals surface area contributed by atoms with Crippen molar-refractivity contribution in [2.45, 2.75) is 26.2 Å². The summed E-state index contributed by atoms with van der Waals surface area (Å²) >= 11 is 1.92. The van der Waals surface area contributed by atoms with Gasteiger partial charge in [0.15, 0.2) is 0 Å². The van der Waals surface area contributed by atoms with Gasteiger partial charge in [-0.1, -0.05) is 99.6 Å². The molecule has 0 radical (unpaired) electrons. The highest BCUT2D eigenvalue weighted by molar-refractivity contribution is 7.26. The zero-order valence-corrected chi connectivity index (χ0v) is 17.9. The highest BCUT2D eigenvalue weighted by Crippen LogP contribution is 2.44. The standard InChI is InChI=1S/C28H24S/c1-28(2,3)24-16-8-15-23-26-22(14-9-17-25(26)29-27(23)24)21-13-7-12-20(18-21)19-10-5-4-6-11-19/h4-18H,1-3H3. The van der Waals surface area contributed by atoms with Gasteiger partial charge in [0.2, 0.25) is 0 Å². The highest BCUT2D eigenvalue weighted by Gasteiger charge is 2.20. The molecule has 0 saturated heterocycles. The van der Waals surface area contributed by atoms with Crippen molar-refractivity contribution >= 4 is 31.5 Å². The van der Waals surface area contributed by atoms with Crippen LogP contribution < -0.4 is 0 Å². The summed E-state index contributed by atoms with van der Waals surface area (Å²) in [6, 6.07) is 33.1. The molecule has 4 aromatic carbocycles. The lowest BCUT2D eigenvalue weighted by molar-refractivity contribution is 0.597. The molecule has 0 aliphatic carbocycles. The van der Waals surface area contributed by atoms with Crippen molar-refractivity contribution in [3.8, 4) is 22.3 Å². The molecular formula is C28H24S. The SMILES string of the molecule is CC(C)(C)c1cccc2c1sc1cccc(-c3cccc(-c4ccccc4)c3)c12. The predicted molar refractivity (Wildman–Crippen MR) is 129 cm³/mol. The van der Waals surface area contributed by atoms with Gasteiger partial charge in [-0.3, -0.25) is 0 Å². The van der Waals surface area contributed by atoms with Gasteiger partial charge in [-0.25, -0.2) is 0 Å². The number of rotatable bonds is 2. The van der Waals surface area contributed by atoms with E-state index in [-0.39, 0.29) is 5.41 Å². The van der Waals surface area contributed by atoms with E-state index in [1.807, 2.05) is 11.3 Å². The van der Waals surface area contributed by atoms with Crippen molar-refractivity contribution in [1.29, 1.82) is 0 Å². The Morgan fingerprint density at radius 1 is 0.621 bits per heavy atom. The van der Waals surface area contributed by atoms with E-state index in [0.717, 1.165) is 0 Å². The van der Waals surface area contributed by atoms with Crippen LogP contribution in [-0.4, -0.2) is 0 Å². The van der Waals surface area contributed by atoms with Crippen LogP contribution in [0, 0.1) is 0 Å². The first-order chi connectivity index (χ1) is 14.0. The van der Waals surface area contributed by atoms with Gasteiger partial charge in [-0.15, -0.1) is 11.3 Å². The summed E-state index contributed by atoms with van der Waals surface area (Å²) in [5.41, 5.74) is 6.67. The van der Waals surface area contributed by atoms with Gasteiger partial charge in [0, 0.05) is 20.2 Å². The van der Waals surface area contributed by atoms with Crippen molar-refractivity contribution in [3.05, 3.63) is 96.6 Å². The average Bonchev–Trinajstić information content (AvgIpc) is 3.12.